The van der Waals surface area contributed by atoms with E-state index in [-0.39, 0.29) is 5.91 Å². The topological polar surface area (TPSA) is 55.6 Å². The Labute approximate surface area is 115 Å². The van der Waals surface area contributed by atoms with Gasteiger partial charge in [0, 0.05) is 17.8 Å². The fourth-order valence-electron chi connectivity index (χ4n) is 1.59. The van der Waals surface area contributed by atoms with Gasteiger partial charge >= 0.3 is 0 Å². The second kappa shape index (κ2) is 6.49. The second-order valence-corrected chi connectivity index (χ2v) is 5.01. The predicted octanol–water partition coefficient (Wildman–Crippen LogP) is 1.99. The first-order chi connectivity index (χ1) is 9.20. The number of ether oxygens (including phenoxy) is 1. The van der Waals surface area contributed by atoms with Gasteiger partial charge in [0.15, 0.2) is 4.96 Å². The van der Waals surface area contributed by atoms with Gasteiger partial charge in [-0.25, -0.2) is 4.98 Å². The van der Waals surface area contributed by atoms with E-state index in [0.717, 1.165) is 17.1 Å². The molecule has 2 aromatic rings. The molecule has 2 rings (SSSR count). The molecule has 102 valence electrons. The van der Waals surface area contributed by atoms with Gasteiger partial charge in [0.05, 0.1) is 18.8 Å². The van der Waals surface area contributed by atoms with Crippen LogP contribution in [0.1, 0.15) is 19.0 Å². The molecule has 0 aliphatic carbocycles. The Morgan fingerprint density at radius 2 is 2.58 bits per heavy atom. The third kappa shape index (κ3) is 3.65. The van der Waals surface area contributed by atoms with E-state index >= 15 is 0 Å². The maximum atomic E-state index is 11.8. The Hall–Kier alpha value is -1.66. The van der Waals surface area contributed by atoms with Crippen molar-refractivity contribution in [3.8, 4) is 0 Å². The summed E-state index contributed by atoms with van der Waals surface area (Å²) in [5.41, 5.74) is 0.846. The number of thiazole rings is 1. The van der Waals surface area contributed by atoms with Crippen LogP contribution in [0.3, 0.4) is 0 Å². The number of carbonyl (C=O) groups excluding carboxylic acids is 1. The molecule has 0 aliphatic rings. The van der Waals surface area contributed by atoms with Crippen LogP contribution in [-0.2, 0) is 16.1 Å². The number of aromatic nitrogens is 2. The zero-order valence-corrected chi connectivity index (χ0v) is 11.7. The number of hydrogen-bond donors (Lipinski definition) is 1. The first-order valence-corrected chi connectivity index (χ1v) is 7.00. The van der Waals surface area contributed by atoms with Crippen LogP contribution in [-0.4, -0.2) is 28.0 Å². The van der Waals surface area contributed by atoms with Crippen LogP contribution >= 0.6 is 11.3 Å². The van der Waals surface area contributed by atoms with Gasteiger partial charge in [0.2, 0.25) is 5.91 Å². The molecule has 1 N–H and O–H groups in total. The molecule has 6 heteroatoms. The zero-order valence-electron chi connectivity index (χ0n) is 10.8. The van der Waals surface area contributed by atoms with Crippen molar-refractivity contribution in [1.82, 2.24) is 14.7 Å². The summed E-state index contributed by atoms with van der Waals surface area (Å²) in [5.74, 6) is -0.125. The van der Waals surface area contributed by atoms with Gasteiger partial charge in [-0.05, 0) is 13.3 Å². The van der Waals surface area contributed by atoms with Crippen molar-refractivity contribution < 1.29 is 9.53 Å². The molecule has 0 saturated heterocycles. The number of rotatable bonds is 7. The van der Waals surface area contributed by atoms with Crippen molar-refractivity contribution in [3.63, 3.8) is 0 Å². The van der Waals surface area contributed by atoms with Crippen LogP contribution in [0, 0.1) is 0 Å². The van der Waals surface area contributed by atoms with Crippen LogP contribution in [0.25, 0.3) is 4.96 Å². The van der Waals surface area contributed by atoms with Gasteiger partial charge in [0.25, 0.3) is 0 Å². The molecule has 0 aliphatic heterocycles. The number of nitrogens with zero attached hydrogens (tertiary/aromatic N) is 2. The number of hydrogen-bond acceptors (Lipinski definition) is 4. The molecule has 19 heavy (non-hydrogen) atoms. The lowest BCUT2D eigenvalue weighted by Crippen LogP contribution is -2.34. The maximum Gasteiger partial charge on any atom is 0.249 e. The van der Waals surface area contributed by atoms with Gasteiger partial charge < -0.3 is 10.1 Å². The smallest absolute Gasteiger partial charge is 0.249 e. The molecule has 0 radical (unpaired) electrons. The van der Waals surface area contributed by atoms with Crippen LogP contribution < -0.4 is 5.32 Å². The van der Waals surface area contributed by atoms with Crippen LogP contribution in [0.4, 0.5) is 0 Å². The quantitative estimate of drug-likeness (QED) is 0.623. The highest BCUT2D eigenvalue weighted by Crippen LogP contribution is 2.11. The highest BCUT2D eigenvalue weighted by atomic mass is 32.1. The fourth-order valence-corrected chi connectivity index (χ4v) is 2.31. The molecule has 0 spiro atoms. The number of imidazole rings is 1. The number of amides is 1. The molecule has 0 aromatic carbocycles. The van der Waals surface area contributed by atoms with Gasteiger partial charge in [-0.15, -0.1) is 17.9 Å². The van der Waals surface area contributed by atoms with Crippen molar-refractivity contribution in [1.29, 1.82) is 0 Å². The van der Waals surface area contributed by atoms with E-state index in [1.807, 2.05) is 22.2 Å². The first kappa shape index (κ1) is 13.8. The number of carbonyl (C=O) groups is 1. The molecule has 1 amide bonds. The molecular formula is C13H17N3O2S. The van der Waals surface area contributed by atoms with Crippen LogP contribution in [0.15, 0.2) is 30.4 Å². The SMILES string of the molecule is C=CCCOC(C)C(=O)NCc1cn2ccsc2n1. The summed E-state index contributed by atoms with van der Waals surface area (Å²) >= 11 is 1.57. The van der Waals surface area contributed by atoms with Gasteiger partial charge in [-0.1, -0.05) is 6.08 Å². The minimum atomic E-state index is -0.455. The zero-order chi connectivity index (χ0) is 13.7. The summed E-state index contributed by atoms with van der Waals surface area (Å²) in [6, 6.07) is 0. The normalized spacial score (nSPS) is 12.5. The summed E-state index contributed by atoms with van der Waals surface area (Å²) in [5, 5.41) is 4.79. The van der Waals surface area contributed by atoms with Crippen molar-refractivity contribution in [3.05, 3.63) is 36.1 Å². The van der Waals surface area contributed by atoms with Gasteiger partial charge in [0.1, 0.15) is 6.10 Å². The third-order valence-corrected chi connectivity index (χ3v) is 3.42. The van der Waals surface area contributed by atoms with E-state index in [9.17, 15) is 4.79 Å². The third-order valence-electron chi connectivity index (χ3n) is 2.65. The van der Waals surface area contributed by atoms with E-state index in [1.54, 1.807) is 24.3 Å². The fraction of sp³-hybridized carbons (Fsp3) is 0.385. The van der Waals surface area contributed by atoms with Crippen molar-refractivity contribution in [2.75, 3.05) is 6.61 Å². The van der Waals surface area contributed by atoms with Crippen molar-refractivity contribution in [2.45, 2.75) is 26.0 Å². The Balaban J connectivity index is 1.79. The van der Waals surface area contributed by atoms with E-state index in [4.69, 9.17) is 4.74 Å². The summed E-state index contributed by atoms with van der Waals surface area (Å²) < 4.78 is 7.31. The average molecular weight is 279 g/mol. The number of nitrogens with one attached hydrogen (secondary N) is 1. The highest BCUT2D eigenvalue weighted by Gasteiger charge is 2.13. The average Bonchev–Trinajstić information content (AvgIpc) is 2.96. The van der Waals surface area contributed by atoms with Gasteiger partial charge in [-0.2, -0.15) is 0 Å². The largest absolute Gasteiger partial charge is 0.368 e. The lowest BCUT2D eigenvalue weighted by molar-refractivity contribution is -0.131. The summed E-state index contributed by atoms with van der Waals surface area (Å²) in [7, 11) is 0. The molecule has 0 bridgehead atoms. The Morgan fingerprint density at radius 3 is 3.32 bits per heavy atom. The monoisotopic (exact) mass is 279 g/mol. The summed E-state index contributed by atoms with van der Waals surface area (Å²) in [6.07, 6.45) is 5.91. The van der Waals surface area contributed by atoms with E-state index in [2.05, 4.69) is 16.9 Å². The molecule has 2 heterocycles. The van der Waals surface area contributed by atoms with Crippen molar-refractivity contribution >= 4 is 22.2 Å². The Kier molecular flexibility index (Phi) is 4.70. The second-order valence-electron chi connectivity index (χ2n) is 4.13. The first-order valence-electron chi connectivity index (χ1n) is 6.12. The molecule has 1 unspecified atom stereocenters. The molecule has 2 aromatic heterocycles. The van der Waals surface area contributed by atoms with Crippen LogP contribution in [0.5, 0.6) is 0 Å². The highest BCUT2D eigenvalue weighted by molar-refractivity contribution is 7.15. The minimum Gasteiger partial charge on any atom is -0.368 e. The van der Waals surface area contributed by atoms with Crippen LogP contribution in [0.2, 0.25) is 0 Å². The maximum absolute atomic E-state index is 11.8. The number of fused-ring (bicyclic) bond motifs is 1. The van der Waals surface area contributed by atoms with E-state index in [0.29, 0.717) is 13.2 Å². The lowest BCUT2D eigenvalue weighted by Gasteiger charge is -2.11. The Morgan fingerprint density at radius 1 is 1.74 bits per heavy atom. The molecule has 0 fully saturated rings. The molecular weight excluding hydrogens is 262 g/mol. The predicted molar refractivity (Wildman–Crippen MR) is 75.1 cm³/mol. The molecule has 0 saturated carbocycles. The van der Waals surface area contributed by atoms with E-state index < -0.39 is 6.10 Å². The van der Waals surface area contributed by atoms with E-state index in [1.165, 1.54) is 0 Å². The standard InChI is InChI=1S/C13H17N3O2S/c1-3-4-6-18-10(2)12(17)14-8-11-9-16-5-7-19-13(16)15-11/h3,5,7,9-10H,1,4,6,8H2,2H3,(H,14,17). The van der Waals surface area contributed by atoms with Gasteiger partial charge in [-0.3, -0.25) is 9.20 Å². The molecule has 5 nitrogen and oxygen atoms in total. The molecule has 1 atom stereocenters. The van der Waals surface area contributed by atoms with Crippen molar-refractivity contribution in [2.24, 2.45) is 0 Å². The lowest BCUT2D eigenvalue weighted by atomic mass is 10.3. The summed E-state index contributed by atoms with van der Waals surface area (Å²) in [6.45, 7) is 6.28. The summed E-state index contributed by atoms with van der Waals surface area (Å²) in [4.78, 5) is 17.1. The minimum absolute atomic E-state index is 0.125. The Bertz CT molecular complexity index is 532.